The molecular formula is C9H9BrNO5S-. The van der Waals surface area contributed by atoms with Crippen LogP contribution in [0.2, 0.25) is 0 Å². The number of nitrogens with one attached hydrogen (secondary N) is 1. The molecule has 0 aliphatic carbocycles. The van der Waals surface area contributed by atoms with E-state index in [1.165, 1.54) is 24.3 Å². The van der Waals surface area contributed by atoms with E-state index < -0.39 is 28.6 Å². The third-order valence-electron chi connectivity index (χ3n) is 1.89. The van der Waals surface area contributed by atoms with Crippen molar-refractivity contribution in [2.75, 3.05) is 6.61 Å². The van der Waals surface area contributed by atoms with E-state index in [2.05, 4.69) is 15.9 Å². The molecular weight excluding hydrogens is 314 g/mol. The fourth-order valence-electron chi connectivity index (χ4n) is 1.03. The minimum absolute atomic E-state index is 0.0969. The molecule has 8 heteroatoms. The molecule has 0 spiro atoms. The predicted molar refractivity (Wildman–Crippen MR) is 60.3 cm³/mol. The first-order valence-electron chi connectivity index (χ1n) is 4.46. The topological polar surface area (TPSA) is 107 Å². The van der Waals surface area contributed by atoms with Crippen molar-refractivity contribution in [2.24, 2.45) is 0 Å². The second kappa shape index (κ2) is 5.58. The van der Waals surface area contributed by atoms with Gasteiger partial charge in [0.05, 0.1) is 23.5 Å². The first-order chi connectivity index (χ1) is 7.86. The highest BCUT2D eigenvalue weighted by Crippen LogP contribution is 2.14. The van der Waals surface area contributed by atoms with Gasteiger partial charge in [-0.15, -0.1) is 0 Å². The van der Waals surface area contributed by atoms with Crippen LogP contribution >= 0.6 is 15.9 Å². The van der Waals surface area contributed by atoms with Gasteiger partial charge in [0.1, 0.15) is 0 Å². The quantitative estimate of drug-likeness (QED) is 0.711. The maximum atomic E-state index is 11.7. The molecule has 6 nitrogen and oxygen atoms in total. The average molecular weight is 323 g/mol. The Morgan fingerprint density at radius 1 is 1.41 bits per heavy atom. The number of halogens is 1. The van der Waals surface area contributed by atoms with E-state index in [0.29, 0.717) is 4.47 Å². The number of rotatable bonds is 5. The number of hydrogen-bond acceptors (Lipinski definition) is 5. The summed E-state index contributed by atoms with van der Waals surface area (Å²) in [5, 5.41) is 19.2. The average Bonchev–Trinajstić information content (AvgIpc) is 2.26. The Morgan fingerprint density at radius 2 is 1.94 bits per heavy atom. The Bertz CT molecular complexity index is 499. The standard InChI is InChI=1S/C9H10BrNO5S/c10-6-1-3-7(4-2-6)17(15,16)11-8(5-12)9(13)14/h1-4,8,11-12H,5H2,(H,13,14)/p-1. The summed E-state index contributed by atoms with van der Waals surface area (Å²) in [6.45, 7) is -0.877. The summed E-state index contributed by atoms with van der Waals surface area (Å²) < 4.78 is 25.9. The SMILES string of the molecule is O=C([O-])C(CO)NS(=O)(=O)c1ccc(Br)cc1. The first kappa shape index (κ1) is 14.1. The molecule has 2 N–H and O–H groups in total. The van der Waals surface area contributed by atoms with Gasteiger partial charge in [-0.3, -0.25) is 0 Å². The van der Waals surface area contributed by atoms with Crippen LogP contribution in [0.5, 0.6) is 0 Å². The molecule has 0 heterocycles. The Balaban J connectivity index is 2.96. The lowest BCUT2D eigenvalue weighted by Crippen LogP contribution is -2.49. The number of aliphatic hydroxyl groups is 1. The summed E-state index contributed by atoms with van der Waals surface area (Å²) in [6, 6.07) is 3.94. The van der Waals surface area contributed by atoms with E-state index in [-0.39, 0.29) is 4.90 Å². The maximum absolute atomic E-state index is 11.7. The minimum atomic E-state index is -3.99. The van der Waals surface area contributed by atoms with E-state index in [1.54, 1.807) is 0 Å². The van der Waals surface area contributed by atoms with Crippen LogP contribution in [0.15, 0.2) is 33.6 Å². The summed E-state index contributed by atoms with van der Waals surface area (Å²) in [4.78, 5) is 10.4. The number of hydrogen-bond donors (Lipinski definition) is 2. The van der Waals surface area contributed by atoms with E-state index in [0.717, 1.165) is 0 Å². The molecule has 0 aromatic heterocycles. The lowest BCUT2D eigenvalue weighted by atomic mass is 10.3. The predicted octanol–water partition coefficient (Wildman–Crippen LogP) is -1.16. The van der Waals surface area contributed by atoms with Gasteiger partial charge in [0.25, 0.3) is 0 Å². The second-order valence-electron chi connectivity index (χ2n) is 3.13. The molecule has 94 valence electrons. The van der Waals surface area contributed by atoms with Crippen LogP contribution in [0.3, 0.4) is 0 Å². The molecule has 0 saturated carbocycles. The van der Waals surface area contributed by atoms with Gasteiger partial charge in [0, 0.05) is 4.47 Å². The van der Waals surface area contributed by atoms with Gasteiger partial charge in [-0.25, -0.2) is 13.1 Å². The van der Waals surface area contributed by atoms with Gasteiger partial charge < -0.3 is 15.0 Å². The number of carboxylic acids is 1. The second-order valence-corrected chi connectivity index (χ2v) is 5.76. The van der Waals surface area contributed by atoms with Gasteiger partial charge in [-0.2, -0.15) is 0 Å². The van der Waals surface area contributed by atoms with Gasteiger partial charge in [0.2, 0.25) is 10.0 Å². The van der Waals surface area contributed by atoms with E-state index in [9.17, 15) is 18.3 Å². The zero-order chi connectivity index (χ0) is 13.1. The Kier molecular flexibility index (Phi) is 4.63. The molecule has 0 saturated heterocycles. The van der Waals surface area contributed by atoms with Crippen molar-refractivity contribution in [1.82, 2.24) is 4.72 Å². The fraction of sp³-hybridized carbons (Fsp3) is 0.222. The van der Waals surface area contributed by atoms with E-state index in [4.69, 9.17) is 5.11 Å². The van der Waals surface area contributed by atoms with Crippen molar-refractivity contribution in [3.63, 3.8) is 0 Å². The first-order valence-corrected chi connectivity index (χ1v) is 6.74. The Morgan fingerprint density at radius 3 is 2.35 bits per heavy atom. The molecule has 0 fully saturated rings. The highest BCUT2D eigenvalue weighted by atomic mass is 79.9. The molecule has 1 unspecified atom stereocenters. The summed E-state index contributed by atoms with van der Waals surface area (Å²) in [7, 11) is -3.99. The Hall–Kier alpha value is -0.960. The molecule has 17 heavy (non-hydrogen) atoms. The number of carbonyl (C=O) groups excluding carboxylic acids is 1. The molecule has 0 aliphatic rings. The highest BCUT2D eigenvalue weighted by molar-refractivity contribution is 9.10. The molecule has 0 aliphatic heterocycles. The molecule has 0 radical (unpaired) electrons. The summed E-state index contributed by atoms with van der Waals surface area (Å²) in [6.07, 6.45) is 0. The zero-order valence-corrected chi connectivity index (χ0v) is 10.9. The maximum Gasteiger partial charge on any atom is 0.241 e. The fourth-order valence-corrected chi connectivity index (χ4v) is 2.47. The normalized spacial score (nSPS) is 13.3. The van der Waals surface area contributed by atoms with Crippen LogP contribution in [-0.4, -0.2) is 32.1 Å². The van der Waals surface area contributed by atoms with Crippen LogP contribution in [-0.2, 0) is 14.8 Å². The molecule has 1 aromatic rings. The molecule has 1 rings (SSSR count). The monoisotopic (exact) mass is 322 g/mol. The van der Waals surface area contributed by atoms with Gasteiger partial charge in [-0.05, 0) is 24.3 Å². The van der Waals surface area contributed by atoms with Gasteiger partial charge in [0.15, 0.2) is 0 Å². The highest BCUT2D eigenvalue weighted by Gasteiger charge is 2.20. The number of benzene rings is 1. The van der Waals surface area contributed by atoms with Crippen LogP contribution in [0.4, 0.5) is 0 Å². The van der Waals surface area contributed by atoms with Crippen molar-refractivity contribution in [3.05, 3.63) is 28.7 Å². The smallest absolute Gasteiger partial charge is 0.241 e. The summed E-state index contributed by atoms with van der Waals surface area (Å²) in [5.74, 6) is -1.69. The van der Waals surface area contributed by atoms with Crippen molar-refractivity contribution >= 4 is 31.9 Å². The van der Waals surface area contributed by atoms with Crippen LogP contribution in [0.1, 0.15) is 0 Å². The van der Waals surface area contributed by atoms with Gasteiger partial charge in [-0.1, -0.05) is 15.9 Å². The lowest BCUT2D eigenvalue weighted by Gasteiger charge is -2.17. The zero-order valence-electron chi connectivity index (χ0n) is 8.46. The molecule has 1 atom stereocenters. The van der Waals surface area contributed by atoms with Crippen molar-refractivity contribution in [1.29, 1.82) is 0 Å². The number of aliphatic carboxylic acids is 1. The van der Waals surface area contributed by atoms with Crippen LogP contribution in [0, 0.1) is 0 Å². The van der Waals surface area contributed by atoms with Crippen LogP contribution < -0.4 is 9.83 Å². The molecule has 0 bridgehead atoms. The number of sulfonamides is 1. The van der Waals surface area contributed by atoms with Crippen LogP contribution in [0.25, 0.3) is 0 Å². The largest absolute Gasteiger partial charge is 0.548 e. The number of aliphatic hydroxyl groups excluding tert-OH is 1. The Labute approximate surface area is 106 Å². The molecule has 1 aromatic carbocycles. The van der Waals surface area contributed by atoms with Crippen molar-refractivity contribution in [2.45, 2.75) is 10.9 Å². The third kappa shape index (κ3) is 3.77. The van der Waals surface area contributed by atoms with Gasteiger partial charge >= 0.3 is 0 Å². The minimum Gasteiger partial charge on any atom is -0.548 e. The summed E-state index contributed by atoms with van der Waals surface area (Å²) >= 11 is 3.14. The molecule has 0 amide bonds. The third-order valence-corrected chi connectivity index (χ3v) is 3.90. The van der Waals surface area contributed by atoms with E-state index in [1.807, 2.05) is 4.72 Å². The number of carboxylic acid groups (broad SMARTS) is 1. The van der Waals surface area contributed by atoms with E-state index >= 15 is 0 Å². The lowest BCUT2D eigenvalue weighted by molar-refractivity contribution is -0.308. The summed E-state index contributed by atoms with van der Waals surface area (Å²) in [5.41, 5.74) is 0. The number of carbonyl (C=O) groups is 1. The van der Waals surface area contributed by atoms with Crippen molar-refractivity contribution < 1.29 is 23.4 Å². The van der Waals surface area contributed by atoms with Crippen molar-refractivity contribution in [3.8, 4) is 0 Å².